The molecular formula is C21H25BrClN3O4S. The molecule has 1 atom stereocenters. The lowest BCUT2D eigenvalue weighted by Crippen LogP contribution is -2.51. The van der Waals surface area contributed by atoms with Crippen molar-refractivity contribution < 1.29 is 18.0 Å². The Labute approximate surface area is 196 Å². The predicted octanol–water partition coefficient (Wildman–Crippen LogP) is 3.42. The summed E-state index contributed by atoms with van der Waals surface area (Å²) in [4.78, 5) is 27.1. The van der Waals surface area contributed by atoms with Crippen LogP contribution in [0.25, 0.3) is 0 Å². The van der Waals surface area contributed by atoms with Gasteiger partial charge >= 0.3 is 0 Å². The zero-order valence-electron chi connectivity index (χ0n) is 17.5. The van der Waals surface area contributed by atoms with Crippen molar-refractivity contribution in [3.8, 4) is 0 Å². The number of carbonyl (C=O) groups excluding carboxylic acids is 2. The fraction of sp³-hybridized carbons (Fsp3) is 0.333. The van der Waals surface area contributed by atoms with Crippen LogP contribution >= 0.6 is 27.5 Å². The topological polar surface area (TPSA) is 86.8 Å². The fourth-order valence-electron chi connectivity index (χ4n) is 2.94. The quantitative estimate of drug-likeness (QED) is 0.538. The highest BCUT2D eigenvalue weighted by Crippen LogP contribution is 2.27. The number of hydrogen-bond acceptors (Lipinski definition) is 4. The van der Waals surface area contributed by atoms with Gasteiger partial charge in [0.25, 0.3) is 0 Å². The van der Waals surface area contributed by atoms with E-state index in [1.54, 1.807) is 32.0 Å². The molecule has 0 aliphatic carbocycles. The van der Waals surface area contributed by atoms with Crippen LogP contribution in [-0.2, 0) is 26.2 Å². The summed E-state index contributed by atoms with van der Waals surface area (Å²) in [5.74, 6) is -0.844. The minimum atomic E-state index is -3.81. The van der Waals surface area contributed by atoms with Gasteiger partial charge in [-0.3, -0.25) is 13.9 Å². The van der Waals surface area contributed by atoms with Gasteiger partial charge in [-0.25, -0.2) is 8.42 Å². The largest absolute Gasteiger partial charge is 0.355 e. The summed E-state index contributed by atoms with van der Waals surface area (Å²) in [5.41, 5.74) is 1.01. The summed E-state index contributed by atoms with van der Waals surface area (Å²) in [6.45, 7) is 3.47. The van der Waals surface area contributed by atoms with E-state index in [9.17, 15) is 18.0 Å². The molecule has 2 rings (SSSR count). The minimum Gasteiger partial charge on any atom is -0.355 e. The second-order valence-corrected chi connectivity index (χ2v) is 10.2. The predicted molar refractivity (Wildman–Crippen MR) is 126 cm³/mol. The zero-order chi connectivity index (χ0) is 23.2. The Balaban J connectivity index is 2.38. The molecule has 7 nitrogen and oxygen atoms in total. The second-order valence-electron chi connectivity index (χ2n) is 6.94. The molecule has 168 valence electrons. The smallest absolute Gasteiger partial charge is 0.244 e. The molecule has 0 saturated carbocycles. The summed E-state index contributed by atoms with van der Waals surface area (Å²) in [7, 11) is -3.81. The monoisotopic (exact) mass is 529 g/mol. The van der Waals surface area contributed by atoms with Crippen molar-refractivity contribution in [2.45, 2.75) is 26.4 Å². The third-order valence-corrected chi connectivity index (χ3v) is 6.56. The van der Waals surface area contributed by atoms with Crippen LogP contribution in [0, 0.1) is 0 Å². The van der Waals surface area contributed by atoms with Crippen LogP contribution in [-0.4, -0.2) is 50.5 Å². The molecule has 2 amide bonds. The molecule has 2 aromatic rings. The molecule has 1 N–H and O–H groups in total. The zero-order valence-corrected chi connectivity index (χ0v) is 20.7. The Bertz CT molecular complexity index is 1030. The molecular weight excluding hydrogens is 506 g/mol. The van der Waals surface area contributed by atoms with E-state index in [0.29, 0.717) is 6.54 Å². The SMILES string of the molecule is CCNC(=O)[C@@H](C)N(Cc1ccc(Br)cc1)C(=O)CN(c1ccccc1Cl)S(C)(=O)=O. The normalized spacial score (nSPS) is 12.2. The van der Waals surface area contributed by atoms with E-state index >= 15 is 0 Å². The van der Waals surface area contributed by atoms with Gasteiger partial charge in [-0.15, -0.1) is 0 Å². The first-order valence-corrected chi connectivity index (χ1v) is 12.6. The lowest BCUT2D eigenvalue weighted by molar-refractivity contribution is -0.139. The van der Waals surface area contributed by atoms with Crippen LogP contribution in [0.2, 0.25) is 5.02 Å². The van der Waals surface area contributed by atoms with Gasteiger partial charge in [0.05, 0.1) is 17.0 Å². The number of carbonyl (C=O) groups is 2. The Morgan fingerprint density at radius 1 is 1.13 bits per heavy atom. The summed E-state index contributed by atoms with van der Waals surface area (Å²) >= 11 is 9.56. The summed E-state index contributed by atoms with van der Waals surface area (Å²) in [5, 5.41) is 2.91. The highest BCUT2D eigenvalue weighted by atomic mass is 79.9. The van der Waals surface area contributed by atoms with Crippen molar-refractivity contribution in [3.05, 3.63) is 63.6 Å². The average molecular weight is 531 g/mol. The van der Waals surface area contributed by atoms with Gasteiger partial charge in [-0.1, -0.05) is 51.8 Å². The molecule has 0 aliphatic rings. The number of anilines is 1. The first kappa shape index (κ1) is 25.2. The van der Waals surface area contributed by atoms with Gasteiger partial charge in [-0.2, -0.15) is 0 Å². The number of likely N-dealkylation sites (N-methyl/N-ethyl adjacent to an activating group) is 1. The third-order valence-electron chi connectivity index (χ3n) is 4.58. The number of amides is 2. The molecule has 0 saturated heterocycles. The Morgan fingerprint density at radius 3 is 2.29 bits per heavy atom. The fourth-order valence-corrected chi connectivity index (χ4v) is 4.35. The van der Waals surface area contributed by atoms with E-state index < -0.39 is 28.5 Å². The maximum absolute atomic E-state index is 13.3. The highest BCUT2D eigenvalue weighted by molar-refractivity contribution is 9.10. The van der Waals surface area contributed by atoms with Crippen molar-refractivity contribution in [2.75, 3.05) is 23.7 Å². The molecule has 0 bridgehead atoms. The van der Waals surface area contributed by atoms with Gasteiger partial charge in [-0.05, 0) is 43.7 Å². The Kier molecular flexibility index (Phi) is 8.90. The van der Waals surface area contributed by atoms with Gasteiger partial charge in [0.15, 0.2) is 0 Å². The van der Waals surface area contributed by atoms with Gasteiger partial charge in [0.1, 0.15) is 12.6 Å². The maximum atomic E-state index is 13.3. The standard InChI is InChI=1S/C21H25BrClN3O4S/c1-4-24-21(28)15(2)25(13-16-9-11-17(22)12-10-16)20(27)14-26(31(3,29)30)19-8-6-5-7-18(19)23/h5-12,15H,4,13-14H2,1-3H3,(H,24,28)/t15-/m1/s1. The minimum absolute atomic E-state index is 0.143. The van der Waals surface area contributed by atoms with Crippen molar-refractivity contribution in [2.24, 2.45) is 0 Å². The van der Waals surface area contributed by atoms with Gasteiger partial charge in [0, 0.05) is 17.6 Å². The van der Waals surface area contributed by atoms with E-state index in [1.165, 1.54) is 11.0 Å². The number of sulfonamides is 1. The van der Waals surface area contributed by atoms with Crippen LogP contribution in [0.4, 0.5) is 5.69 Å². The summed E-state index contributed by atoms with van der Waals surface area (Å²) in [6, 6.07) is 12.9. The molecule has 10 heteroatoms. The Hall–Kier alpha value is -2.10. The van der Waals surface area contributed by atoms with E-state index in [4.69, 9.17) is 11.6 Å². The molecule has 2 aromatic carbocycles. The van der Waals surface area contributed by atoms with E-state index in [2.05, 4.69) is 21.2 Å². The van der Waals surface area contributed by atoms with Crippen LogP contribution in [0.5, 0.6) is 0 Å². The lowest BCUT2D eigenvalue weighted by atomic mass is 10.1. The van der Waals surface area contributed by atoms with E-state index in [-0.39, 0.29) is 23.2 Å². The highest BCUT2D eigenvalue weighted by Gasteiger charge is 2.30. The van der Waals surface area contributed by atoms with Crippen LogP contribution < -0.4 is 9.62 Å². The van der Waals surface area contributed by atoms with Gasteiger partial charge < -0.3 is 10.2 Å². The lowest BCUT2D eigenvalue weighted by Gasteiger charge is -2.31. The van der Waals surface area contributed by atoms with Crippen molar-refractivity contribution >= 4 is 55.1 Å². The first-order valence-electron chi connectivity index (χ1n) is 9.58. The van der Waals surface area contributed by atoms with E-state index in [1.807, 2.05) is 24.3 Å². The first-order chi connectivity index (χ1) is 14.5. The molecule has 31 heavy (non-hydrogen) atoms. The maximum Gasteiger partial charge on any atom is 0.244 e. The van der Waals surface area contributed by atoms with Crippen molar-refractivity contribution in [3.63, 3.8) is 0 Å². The number of nitrogens with zero attached hydrogens (tertiary/aromatic N) is 2. The Morgan fingerprint density at radius 2 is 1.74 bits per heavy atom. The van der Waals surface area contributed by atoms with Crippen LogP contribution in [0.1, 0.15) is 19.4 Å². The summed E-state index contributed by atoms with van der Waals surface area (Å²) < 4.78 is 26.7. The molecule has 0 spiro atoms. The number of para-hydroxylation sites is 1. The molecule has 0 fully saturated rings. The van der Waals surface area contributed by atoms with Crippen molar-refractivity contribution in [1.29, 1.82) is 0 Å². The van der Waals surface area contributed by atoms with Crippen molar-refractivity contribution in [1.82, 2.24) is 10.2 Å². The number of nitrogens with one attached hydrogen (secondary N) is 1. The second kappa shape index (κ2) is 11.0. The molecule has 0 aromatic heterocycles. The third kappa shape index (κ3) is 6.95. The molecule has 0 unspecified atom stereocenters. The number of benzene rings is 2. The van der Waals surface area contributed by atoms with E-state index in [0.717, 1.165) is 20.6 Å². The van der Waals surface area contributed by atoms with Crippen LogP contribution in [0.15, 0.2) is 53.0 Å². The number of halogens is 2. The van der Waals surface area contributed by atoms with Crippen LogP contribution in [0.3, 0.4) is 0 Å². The number of rotatable bonds is 9. The molecule has 0 heterocycles. The molecule has 0 radical (unpaired) electrons. The average Bonchev–Trinajstić information content (AvgIpc) is 2.71. The van der Waals surface area contributed by atoms with Gasteiger partial charge in [0.2, 0.25) is 21.8 Å². The molecule has 0 aliphatic heterocycles. The summed E-state index contributed by atoms with van der Waals surface area (Å²) in [6.07, 6.45) is 1.01. The number of hydrogen-bond donors (Lipinski definition) is 1.